The van der Waals surface area contributed by atoms with E-state index in [0.717, 1.165) is 17.4 Å². The number of nitrogens with zero attached hydrogens (tertiary/aromatic N) is 2. The van der Waals surface area contributed by atoms with Crippen LogP contribution in [0.15, 0.2) is 36.5 Å². The first-order valence-electron chi connectivity index (χ1n) is 7.24. The maximum absolute atomic E-state index is 5.55. The van der Waals surface area contributed by atoms with Crippen LogP contribution < -0.4 is 5.32 Å². The summed E-state index contributed by atoms with van der Waals surface area (Å²) in [4.78, 5) is 9.34. The maximum atomic E-state index is 5.55. The predicted molar refractivity (Wildman–Crippen MR) is 93.1 cm³/mol. The second-order valence-electron chi connectivity index (χ2n) is 5.26. The van der Waals surface area contributed by atoms with Crippen molar-refractivity contribution in [3.05, 3.63) is 52.0 Å². The van der Waals surface area contributed by atoms with E-state index in [1.807, 2.05) is 35.7 Å². The largest absolute Gasteiger partial charge is 0.383 e. The van der Waals surface area contributed by atoms with Gasteiger partial charge in [-0.1, -0.05) is 6.07 Å². The topological polar surface area (TPSA) is 37.4 Å². The van der Waals surface area contributed by atoms with E-state index >= 15 is 0 Å². The Morgan fingerprint density at radius 1 is 1.36 bits per heavy atom. The molecule has 22 heavy (non-hydrogen) atoms. The second kappa shape index (κ2) is 6.73. The first-order valence-corrected chi connectivity index (χ1v) is 8.46. The van der Waals surface area contributed by atoms with Gasteiger partial charge in [-0.15, -0.1) is 11.3 Å². The summed E-state index contributed by atoms with van der Waals surface area (Å²) in [5.41, 5.74) is 1.01. The predicted octanol–water partition coefficient (Wildman–Crippen LogP) is 3.07. The molecule has 2 atom stereocenters. The lowest BCUT2D eigenvalue weighted by Crippen LogP contribution is -2.32. The summed E-state index contributed by atoms with van der Waals surface area (Å²) >= 11 is 7.36. The van der Waals surface area contributed by atoms with Crippen LogP contribution in [0.25, 0.3) is 0 Å². The molecule has 0 saturated carbocycles. The van der Waals surface area contributed by atoms with Crippen molar-refractivity contribution >= 4 is 28.7 Å². The van der Waals surface area contributed by atoms with Crippen LogP contribution in [-0.2, 0) is 4.74 Å². The Hall–Kier alpha value is -1.50. The minimum absolute atomic E-state index is 0.0728. The highest BCUT2D eigenvalue weighted by Gasteiger charge is 2.40. The molecule has 1 saturated heterocycles. The Bertz CT molecular complexity index is 644. The molecular weight excluding hydrogens is 314 g/mol. The Morgan fingerprint density at radius 2 is 2.23 bits per heavy atom. The number of nitrogens with one attached hydrogen (secondary N) is 1. The summed E-state index contributed by atoms with van der Waals surface area (Å²) in [5, 5.41) is 4.20. The highest BCUT2D eigenvalue weighted by molar-refractivity contribution is 7.80. The van der Waals surface area contributed by atoms with Gasteiger partial charge in [-0.05, 0) is 43.4 Å². The van der Waals surface area contributed by atoms with Gasteiger partial charge in [0.2, 0.25) is 0 Å². The molecule has 116 valence electrons. The molecule has 3 rings (SSSR count). The lowest BCUT2D eigenvalue weighted by atomic mass is 10.0. The molecule has 1 aliphatic rings. The summed E-state index contributed by atoms with van der Waals surface area (Å²) in [5.74, 6) is 0. The van der Waals surface area contributed by atoms with Crippen molar-refractivity contribution in [1.82, 2.24) is 15.2 Å². The standard InChI is InChI=1S/C16H19N3OS2/c1-11-6-7-13(22-11)15-14(12-5-3-4-8-17-12)18-16(21)19(15)9-10-20-2/h3-8,14-15H,9-10H2,1-2H3,(H,18,21). The Kier molecular flexibility index (Phi) is 4.71. The molecule has 0 amide bonds. The van der Waals surface area contributed by atoms with Crippen LogP contribution in [0.3, 0.4) is 0 Å². The third-order valence-corrected chi connectivity index (χ3v) is 5.21. The minimum atomic E-state index is 0.0728. The van der Waals surface area contributed by atoms with Gasteiger partial charge in [0, 0.05) is 29.6 Å². The minimum Gasteiger partial charge on any atom is -0.383 e. The zero-order valence-electron chi connectivity index (χ0n) is 12.7. The first kappa shape index (κ1) is 15.4. The van der Waals surface area contributed by atoms with Crippen molar-refractivity contribution in [2.45, 2.75) is 19.0 Å². The van der Waals surface area contributed by atoms with Gasteiger partial charge in [-0.25, -0.2) is 0 Å². The van der Waals surface area contributed by atoms with Gasteiger partial charge < -0.3 is 15.0 Å². The summed E-state index contributed by atoms with van der Waals surface area (Å²) in [7, 11) is 1.72. The number of pyridine rings is 1. The van der Waals surface area contributed by atoms with Crippen LogP contribution in [0.4, 0.5) is 0 Å². The van der Waals surface area contributed by atoms with Crippen molar-refractivity contribution in [2.24, 2.45) is 0 Å². The molecule has 2 unspecified atom stereocenters. The zero-order chi connectivity index (χ0) is 15.5. The lowest BCUT2D eigenvalue weighted by molar-refractivity contribution is 0.164. The maximum Gasteiger partial charge on any atom is 0.170 e. The summed E-state index contributed by atoms with van der Waals surface area (Å²) in [6.07, 6.45) is 1.83. The third-order valence-electron chi connectivity index (χ3n) is 3.79. The van der Waals surface area contributed by atoms with E-state index in [1.165, 1.54) is 9.75 Å². The summed E-state index contributed by atoms with van der Waals surface area (Å²) < 4.78 is 5.24. The normalized spacial score (nSPS) is 21.2. The molecule has 1 N–H and O–H groups in total. The molecule has 0 spiro atoms. The van der Waals surface area contributed by atoms with Gasteiger partial charge in [0.15, 0.2) is 5.11 Å². The third kappa shape index (κ3) is 2.99. The van der Waals surface area contributed by atoms with Crippen LogP contribution in [-0.4, -0.2) is 35.3 Å². The Balaban J connectivity index is 1.96. The summed E-state index contributed by atoms with van der Waals surface area (Å²) in [6, 6.07) is 10.6. The molecule has 3 heterocycles. The van der Waals surface area contributed by atoms with Gasteiger partial charge in [-0.3, -0.25) is 4.98 Å². The van der Waals surface area contributed by atoms with Crippen molar-refractivity contribution in [3.63, 3.8) is 0 Å². The van der Waals surface area contributed by atoms with E-state index in [2.05, 4.69) is 34.3 Å². The van der Waals surface area contributed by atoms with Gasteiger partial charge in [0.05, 0.1) is 24.4 Å². The zero-order valence-corrected chi connectivity index (χ0v) is 14.3. The molecular formula is C16H19N3OS2. The SMILES string of the molecule is COCCN1C(=S)NC(c2ccccn2)C1c1ccc(C)s1. The number of thiophene rings is 1. The molecule has 0 aliphatic carbocycles. The average molecular weight is 333 g/mol. The van der Waals surface area contributed by atoms with Crippen LogP contribution in [0.5, 0.6) is 0 Å². The van der Waals surface area contributed by atoms with Crippen molar-refractivity contribution in [1.29, 1.82) is 0 Å². The van der Waals surface area contributed by atoms with Crippen molar-refractivity contribution in [2.75, 3.05) is 20.3 Å². The van der Waals surface area contributed by atoms with Crippen LogP contribution in [0.1, 0.15) is 27.5 Å². The van der Waals surface area contributed by atoms with E-state index < -0.39 is 0 Å². The van der Waals surface area contributed by atoms with E-state index in [4.69, 9.17) is 17.0 Å². The molecule has 1 aliphatic heterocycles. The number of hydrogen-bond donors (Lipinski definition) is 1. The van der Waals surface area contributed by atoms with Gasteiger partial charge in [0.25, 0.3) is 0 Å². The molecule has 2 aromatic rings. The Morgan fingerprint density at radius 3 is 2.86 bits per heavy atom. The van der Waals surface area contributed by atoms with Gasteiger partial charge >= 0.3 is 0 Å². The van der Waals surface area contributed by atoms with Crippen LogP contribution >= 0.6 is 23.6 Å². The van der Waals surface area contributed by atoms with Crippen LogP contribution in [0, 0.1) is 6.92 Å². The number of thiocarbonyl (C=S) groups is 1. The van der Waals surface area contributed by atoms with E-state index in [0.29, 0.717) is 6.61 Å². The monoisotopic (exact) mass is 333 g/mol. The number of methoxy groups -OCH3 is 1. The fourth-order valence-corrected chi connectivity index (χ4v) is 4.12. The molecule has 1 fully saturated rings. The molecule has 0 radical (unpaired) electrons. The number of hydrogen-bond acceptors (Lipinski definition) is 4. The average Bonchev–Trinajstić information content (AvgIpc) is 3.09. The molecule has 6 heteroatoms. The van der Waals surface area contributed by atoms with Gasteiger partial charge in [0.1, 0.15) is 0 Å². The van der Waals surface area contributed by atoms with Crippen molar-refractivity contribution in [3.8, 4) is 0 Å². The fraction of sp³-hybridized carbons (Fsp3) is 0.375. The number of aromatic nitrogens is 1. The second-order valence-corrected chi connectivity index (χ2v) is 6.97. The van der Waals surface area contributed by atoms with Crippen LogP contribution in [0.2, 0.25) is 0 Å². The van der Waals surface area contributed by atoms with Gasteiger partial charge in [-0.2, -0.15) is 0 Å². The fourth-order valence-electron chi connectivity index (χ4n) is 2.76. The number of aryl methyl sites for hydroxylation is 1. The Labute approximate surface area is 140 Å². The first-order chi connectivity index (χ1) is 10.7. The highest BCUT2D eigenvalue weighted by Crippen LogP contribution is 2.40. The highest BCUT2D eigenvalue weighted by atomic mass is 32.1. The number of ether oxygens (including phenoxy) is 1. The van der Waals surface area contributed by atoms with E-state index in [1.54, 1.807) is 7.11 Å². The molecule has 0 bridgehead atoms. The molecule has 0 aromatic carbocycles. The van der Waals surface area contributed by atoms with Crippen molar-refractivity contribution < 1.29 is 4.74 Å². The quantitative estimate of drug-likeness (QED) is 0.851. The molecule has 4 nitrogen and oxygen atoms in total. The lowest BCUT2D eigenvalue weighted by Gasteiger charge is -2.26. The summed E-state index contributed by atoms with van der Waals surface area (Å²) in [6.45, 7) is 3.55. The smallest absolute Gasteiger partial charge is 0.170 e. The van der Waals surface area contributed by atoms with E-state index in [9.17, 15) is 0 Å². The van der Waals surface area contributed by atoms with E-state index in [-0.39, 0.29) is 12.1 Å². The molecule has 2 aromatic heterocycles. The number of rotatable bonds is 5.